The third-order valence-electron chi connectivity index (χ3n) is 3.79. The van der Waals surface area contributed by atoms with Crippen LogP contribution >= 0.6 is 23.2 Å². The van der Waals surface area contributed by atoms with E-state index in [-0.39, 0.29) is 27.9 Å². The summed E-state index contributed by atoms with van der Waals surface area (Å²) in [4.78, 5) is 4.67. The molecule has 0 aliphatic carbocycles. The van der Waals surface area contributed by atoms with E-state index in [1.165, 1.54) is 6.07 Å². The molecule has 5 heteroatoms. The van der Waals surface area contributed by atoms with Crippen LogP contribution in [0, 0.1) is 0 Å². The van der Waals surface area contributed by atoms with Gasteiger partial charge in [-0.2, -0.15) is 0 Å². The molecule has 116 valence electrons. The average Bonchev–Trinajstić information content (AvgIpc) is 2.28. The highest BCUT2D eigenvalue weighted by Crippen LogP contribution is 2.30. The van der Waals surface area contributed by atoms with Crippen LogP contribution in [-0.2, 0) is 0 Å². The predicted molar refractivity (Wildman–Crippen MR) is 88.8 cm³/mol. The van der Waals surface area contributed by atoms with E-state index in [9.17, 15) is 5.11 Å². The Bertz CT molecular complexity index is 552. The Morgan fingerprint density at radius 1 is 1.19 bits per heavy atom. The molecule has 0 radical (unpaired) electrons. The quantitative estimate of drug-likeness (QED) is 0.802. The minimum absolute atomic E-state index is 0.0331. The van der Waals surface area contributed by atoms with E-state index in [0.717, 1.165) is 12.8 Å². The number of nitrogens with zero attached hydrogens (tertiary/aromatic N) is 1. The second-order valence-electron chi connectivity index (χ2n) is 7.29. The Morgan fingerprint density at radius 3 is 2.33 bits per heavy atom. The first kappa shape index (κ1) is 16.6. The second kappa shape index (κ2) is 5.79. The molecule has 0 bridgehead atoms. The number of benzene rings is 1. The summed E-state index contributed by atoms with van der Waals surface area (Å²) in [5.41, 5.74) is 0.896. The topological polar surface area (TPSA) is 49.2 Å². The number of rotatable bonds is 2. The van der Waals surface area contributed by atoms with E-state index in [4.69, 9.17) is 23.2 Å². The Kier molecular flexibility index (Phi) is 4.57. The van der Waals surface area contributed by atoms with Crippen molar-refractivity contribution < 1.29 is 10.4 Å². The van der Waals surface area contributed by atoms with E-state index in [1.807, 2.05) is 0 Å². The lowest BCUT2D eigenvalue weighted by atomic mass is 9.80. The summed E-state index contributed by atoms with van der Waals surface area (Å²) >= 11 is 11.9. The van der Waals surface area contributed by atoms with Crippen molar-refractivity contribution in [3.63, 3.8) is 0 Å². The van der Waals surface area contributed by atoms with E-state index in [0.29, 0.717) is 10.6 Å². The van der Waals surface area contributed by atoms with Crippen LogP contribution in [0.15, 0.2) is 17.1 Å². The molecule has 1 aliphatic heterocycles. The number of phenolic OH excluding ortho intramolecular Hbond substituents is 1. The predicted octanol–water partition coefficient (Wildman–Crippen LogP) is 3.40. The summed E-state index contributed by atoms with van der Waals surface area (Å²) in [5.74, 6) is 0.0331. The Morgan fingerprint density at radius 2 is 1.76 bits per heavy atom. The molecule has 3 N–H and O–H groups in total. The monoisotopic (exact) mass is 329 g/mol. The fraction of sp³-hybridized carbons (Fsp3) is 0.562. The normalized spacial score (nSPS) is 21.8. The molecule has 1 fully saturated rings. The van der Waals surface area contributed by atoms with Gasteiger partial charge in [0.1, 0.15) is 5.75 Å². The van der Waals surface area contributed by atoms with Crippen molar-refractivity contribution in [2.75, 3.05) is 0 Å². The standard InChI is InChI=1S/C16H22Cl2N2O/c1-15(2)7-12(8-16(3,4)20-15)19-9-10-5-11(17)6-13(18)14(10)21/h5-6,9,12,20-21H,7-8H2,1-4H3/p+1. The SMILES string of the molecule is CC1(C)CC(N=Cc2cc(Cl)cc(Cl)c2O)CC(C)(C)[NH2+]1. The summed E-state index contributed by atoms with van der Waals surface area (Å²) in [6, 6.07) is 3.44. The van der Waals surface area contributed by atoms with Crippen molar-refractivity contribution in [3.8, 4) is 5.75 Å². The molecular weight excluding hydrogens is 307 g/mol. The summed E-state index contributed by atoms with van der Waals surface area (Å²) in [6.07, 6.45) is 3.69. The number of quaternary nitrogens is 1. The summed E-state index contributed by atoms with van der Waals surface area (Å²) < 4.78 is 0. The van der Waals surface area contributed by atoms with Gasteiger partial charge < -0.3 is 10.4 Å². The second-order valence-corrected chi connectivity index (χ2v) is 8.13. The third kappa shape index (κ3) is 4.35. The highest BCUT2D eigenvalue weighted by Gasteiger charge is 2.41. The largest absolute Gasteiger partial charge is 0.506 e. The maximum absolute atomic E-state index is 9.97. The fourth-order valence-electron chi connectivity index (χ4n) is 3.44. The van der Waals surface area contributed by atoms with E-state index >= 15 is 0 Å². The first-order valence-electron chi connectivity index (χ1n) is 7.16. The summed E-state index contributed by atoms with van der Waals surface area (Å²) in [5, 5.41) is 13.1. The lowest BCUT2D eigenvalue weighted by Crippen LogP contribution is -3.05. The van der Waals surface area contributed by atoms with E-state index in [1.54, 1.807) is 12.3 Å². The van der Waals surface area contributed by atoms with Crippen LogP contribution in [0.4, 0.5) is 0 Å². The number of halogens is 2. The number of phenols is 1. The molecule has 2 rings (SSSR count). The number of aliphatic imine (C=N–C) groups is 1. The van der Waals surface area contributed by atoms with E-state index < -0.39 is 0 Å². The highest BCUT2D eigenvalue weighted by molar-refractivity contribution is 6.36. The Hall–Kier alpha value is -0.770. The van der Waals surface area contributed by atoms with Crippen LogP contribution in [0.3, 0.4) is 0 Å². The van der Waals surface area contributed by atoms with Crippen molar-refractivity contribution in [2.24, 2.45) is 4.99 Å². The smallest absolute Gasteiger partial charge is 0.143 e. The molecule has 0 amide bonds. The number of piperidine rings is 1. The fourth-order valence-corrected chi connectivity index (χ4v) is 3.95. The first-order valence-corrected chi connectivity index (χ1v) is 7.92. The van der Waals surface area contributed by atoms with Gasteiger partial charge in [-0.1, -0.05) is 23.2 Å². The molecule has 21 heavy (non-hydrogen) atoms. The average molecular weight is 330 g/mol. The van der Waals surface area contributed by atoms with E-state index in [2.05, 4.69) is 38.0 Å². The molecule has 0 atom stereocenters. The number of nitrogens with two attached hydrogens (primary N) is 1. The van der Waals surface area contributed by atoms with Gasteiger partial charge in [-0.05, 0) is 39.8 Å². The molecule has 1 saturated heterocycles. The van der Waals surface area contributed by atoms with Crippen molar-refractivity contribution in [1.29, 1.82) is 0 Å². The van der Waals surface area contributed by atoms with Gasteiger partial charge in [0.15, 0.2) is 0 Å². The van der Waals surface area contributed by atoms with Crippen molar-refractivity contribution in [3.05, 3.63) is 27.7 Å². The van der Waals surface area contributed by atoms with Crippen molar-refractivity contribution >= 4 is 29.4 Å². The van der Waals surface area contributed by atoms with Crippen LogP contribution in [0.5, 0.6) is 5.75 Å². The summed E-state index contributed by atoms with van der Waals surface area (Å²) in [6.45, 7) is 8.96. The minimum Gasteiger partial charge on any atom is -0.506 e. The van der Waals surface area contributed by atoms with Crippen LogP contribution < -0.4 is 5.32 Å². The number of hydrogen-bond acceptors (Lipinski definition) is 2. The maximum Gasteiger partial charge on any atom is 0.143 e. The van der Waals surface area contributed by atoms with Crippen LogP contribution in [0.25, 0.3) is 0 Å². The maximum atomic E-state index is 9.97. The summed E-state index contributed by atoms with van der Waals surface area (Å²) in [7, 11) is 0. The van der Waals surface area contributed by atoms with Crippen LogP contribution in [-0.4, -0.2) is 28.4 Å². The van der Waals surface area contributed by atoms with Crippen molar-refractivity contribution in [1.82, 2.24) is 0 Å². The number of aromatic hydroxyl groups is 1. The molecule has 0 spiro atoms. The van der Waals surface area contributed by atoms with Gasteiger partial charge in [0.25, 0.3) is 0 Å². The number of hydrogen-bond donors (Lipinski definition) is 2. The minimum atomic E-state index is 0.0331. The van der Waals surface area contributed by atoms with Gasteiger partial charge in [-0.3, -0.25) is 4.99 Å². The zero-order chi connectivity index (χ0) is 15.8. The van der Waals surface area contributed by atoms with Gasteiger partial charge in [0.05, 0.1) is 22.1 Å². The van der Waals surface area contributed by atoms with Crippen LogP contribution in [0.1, 0.15) is 46.1 Å². The molecule has 0 unspecified atom stereocenters. The van der Waals surface area contributed by atoms with Gasteiger partial charge in [0.2, 0.25) is 0 Å². The molecular formula is C16H23Cl2N2O+. The zero-order valence-corrected chi connectivity index (χ0v) is 14.5. The van der Waals surface area contributed by atoms with Gasteiger partial charge in [-0.25, -0.2) is 0 Å². The molecule has 1 aromatic rings. The highest BCUT2D eigenvalue weighted by atomic mass is 35.5. The van der Waals surface area contributed by atoms with Crippen LogP contribution in [0.2, 0.25) is 10.0 Å². The molecule has 1 aromatic carbocycles. The first-order chi connectivity index (χ1) is 9.58. The lowest BCUT2D eigenvalue weighted by molar-refractivity contribution is -0.787. The third-order valence-corrected chi connectivity index (χ3v) is 4.29. The van der Waals surface area contributed by atoms with Gasteiger partial charge >= 0.3 is 0 Å². The molecule has 1 heterocycles. The molecule has 3 nitrogen and oxygen atoms in total. The lowest BCUT2D eigenvalue weighted by Gasteiger charge is -2.41. The van der Waals surface area contributed by atoms with Crippen molar-refractivity contribution in [2.45, 2.75) is 57.7 Å². The van der Waals surface area contributed by atoms with Gasteiger partial charge in [0, 0.05) is 29.6 Å². The molecule has 0 aromatic heterocycles. The zero-order valence-electron chi connectivity index (χ0n) is 13.0. The molecule has 1 aliphatic rings. The Labute approximate surface area is 136 Å². The Balaban J connectivity index is 2.21. The molecule has 0 saturated carbocycles. The van der Waals surface area contributed by atoms with Gasteiger partial charge in [-0.15, -0.1) is 0 Å².